The zero-order valence-corrected chi connectivity index (χ0v) is 27.2. The van der Waals surface area contributed by atoms with Gasteiger partial charge in [0.2, 0.25) is 5.95 Å². The number of nitrogens with one attached hydrogen (secondary N) is 3. The Hall–Kier alpha value is -4.28. The number of nitrogens with zero attached hydrogens (tertiary/aromatic N) is 3. The third-order valence-electron chi connectivity index (χ3n) is 6.39. The van der Waals surface area contributed by atoms with E-state index in [0.29, 0.717) is 22.0 Å². The Kier molecular flexibility index (Phi) is 10.9. The standard InChI is InChI=1S/C30H34F3N7O4S2/c1-5-14-44-29(41)37-17(15-34)16-36-28-35-13-12-22(38-28)25-24(39-27(45-25)30(2,3)4)18-8-6-11-21(23(18)33)40-46(42,43)26-19(31)9-7-10-20(26)32/h6-13,17,40H,5,14-16,34H2,1-4H3,(H,37,41)(H,35,36,38)/t17-/m0/s1. The zero-order valence-electron chi connectivity index (χ0n) is 25.5. The minimum absolute atomic E-state index is 0.0675. The van der Waals surface area contributed by atoms with E-state index in [1.807, 2.05) is 32.4 Å². The van der Waals surface area contributed by atoms with E-state index in [-0.39, 0.29) is 36.9 Å². The molecule has 1 atom stereocenters. The van der Waals surface area contributed by atoms with Crippen molar-refractivity contribution in [3.8, 4) is 21.8 Å². The van der Waals surface area contributed by atoms with Crippen LogP contribution in [0.2, 0.25) is 0 Å². The highest BCUT2D eigenvalue weighted by atomic mass is 32.2. The van der Waals surface area contributed by atoms with Gasteiger partial charge in [-0.25, -0.2) is 41.3 Å². The summed E-state index contributed by atoms with van der Waals surface area (Å²) in [7, 11) is -4.84. The number of benzene rings is 2. The van der Waals surface area contributed by atoms with Crippen LogP contribution in [0, 0.1) is 17.5 Å². The highest BCUT2D eigenvalue weighted by Crippen LogP contribution is 2.42. The van der Waals surface area contributed by atoms with Crippen LogP contribution in [0.5, 0.6) is 0 Å². The maximum atomic E-state index is 16.1. The van der Waals surface area contributed by atoms with Crippen molar-refractivity contribution in [2.45, 2.75) is 50.5 Å². The number of aromatic nitrogens is 3. The number of sulfonamides is 1. The molecule has 1 amide bonds. The Morgan fingerprint density at radius 3 is 2.41 bits per heavy atom. The molecular formula is C30H34F3N7O4S2. The Bertz CT molecular complexity index is 1790. The second kappa shape index (κ2) is 14.4. The molecule has 11 nitrogen and oxygen atoms in total. The Balaban J connectivity index is 1.69. The van der Waals surface area contributed by atoms with Gasteiger partial charge in [-0.1, -0.05) is 39.8 Å². The summed E-state index contributed by atoms with van der Waals surface area (Å²) in [4.78, 5) is 24.7. The van der Waals surface area contributed by atoms with Crippen LogP contribution < -0.4 is 21.1 Å². The smallest absolute Gasteiger partial charge is 0.407 e. The number of carbonyl (C=O) groups is 1. The minimum atomic E-state index is -4.84. The van der Waals surface area contributed by atoms with E-state index in [1.54, 1.807) is 6.07 Å². The first-order valence-electron chi connectivity index (χ1n) is 14.2. The number of thiazole rings is 1. The molecule has 0 aliphatic rings. The van der Waals surface area contributed by atoms with Gasteiger partial charge in [0.25, 0.3) is 10.0 Å². The van der Waals surface area contributed by atoms with Crippen molar-refractivity contribution in [1.29, 1.82) is 0 Å². The number of rotatable bonds is 12. The van der Waals surface area contributed by atoms with Gasteiger partial charge in [-0.2, -0.15) is 0 Å². The largest absolute Gasteiger partial charge is 0.450 e. The molecule has 16 heteroatoms. The van der Waals surface area contributed by atoms with Gasteiger partial charge in [0.1, 0.15) is 11.6 Å². The summed E-state index contributed by atoms with van der Waals surface area (Å²) in [6.45, 7) is 8.25. The average Bonchev–Trinajstić information content (AvgIpc) is 3.45. The molecule has 246 valence electrons. The number of nitrogens with two attached hydrogens (primary N) is 1. The van der Waals surface area contributed by atoms with Crippen molar-refractivity contribution in [3.63, 3.8) is 0 Å². The van der Waals surface area contributed by atoms with Crippen LogP contribution in [0.15, 0.2) is 53.6 Å². The van der Waals surface area contributed by atoms with Crippen LogP contribution in [0.1, 0.15) is 39.1 Å². The Morgan fingerprint density at radius 1 is 1.07 bits per heavy atom. The van der Waals surface area contributed by atoms with Crippen LogP contribution in [0.4, 0.5) is 29.6 Å². The van der Waals surface area contributed by atoms with E-state index in [4.69, 9.17) is 15.5 Å². The number of hydrogen-bond donors (Lipinski definition) is 4. The molecule has 0 unspecified atom stereocenters. The quantitative estimate of drug-likeness (QED) is 0.148. The fourth-order valence-electron chi connectivity index (χ4n) is 4.11. The molecule has 0 spiro atoms. The molecular weight excluding hydrogens is 644 g/mol. The van der Waals surface area contributed by atoms with E-state index in [9.17, 15) is 22.0 Å². The second-order valence-electron chi connectivity index (χ2n) is 11.1. The second-order valence-corrected chi connectivity index (χ2v) is 13.7. The number of anilines is 2. The first-order valence-corrected chi connectivity index (χ1v) is 16.5. The first-order chi connectivity index (χ1) is 21.7. The van der Waals surface area contributed by atoms with E-state index < -0.39 is 55.6 Å². The van der Waals surface area contributed by atoms with Crippen molar-refractivity contribution in [3.05, 3.63) is 71.1 Å². The molecule has 0 aliphatic heterocycles. The lowest BCUT2D eigenvalue weighted by Crippen LogP contribution is -2.45. The predicted octanol–water partition coefficient (Wildman–Crippen LogP) is 5.66. The summed E-state index contributed by atoms with van der Waals surface area (Å²) >= 11 is 1.27. The normalized spacial score (nSPS) is 12.4. The number of ether oxygens (including phenoxy) is 1. The molecule has 46 heavy (non-hydrogen) atoms. The fourth-order valence-corrected chi connectivity index (χ4v) is 6.41. The maximum absolute atomic E-state index is 16.1. The molecule has 2 aromatic carbocycles. The number of hydrogen-bond acceptors (Lipinski definition) is 10. The summed E-state index contributed by atoms with van der Waals surface area (Å²) in [5.74, 6) is -3.45. The van der Waals surface area contributed by atoms with Gasteiger partial charge in [-0.3, -0.25) is 4.72 Å². The molecule has 0 aliphatic carbocycles. The molecule has 0 saturated carbocycles. The molecule has 5 N–H and O–H groups in total. The Morgan fingerprint density at radius 2 is 1.76 bits per heavy atom. The van der Waals surface area contributed by atoms with Gasteiger partial charge in [-0.15, -0.1) is 11.3 Å². The van der Waals surface area contributed by atoms with Gasteiger partial charge in [0, 0.05) is 30.3 Å². The molecule has 4 aromatic rings. The number of alkyl carbamates (subject to hydrolysis) is 1. The summed E-state index contributed by atoms with van der Waals surface area (Å²) < 4.78 is 77.5. The summed E-state index contributed by atoms with van der Waals surface area (Å²) in [6.07, 6.45) is 1.58. The average molecular weight is 678 g/mol. The van der Waals surface area contributed by atoms with Crippen molar-refractivity contribution in [2.75, 3.05) is 29.7 Å². The summed E-state index contributed by atoms with van der Waals surface area (Å²) in [6, 6.07) is 7.68. The predicted molar refractivity (Wildman–Crippen MR) is 171 cm³/mol. The van der Waals surface area contributed by atoms with Gasteiger partial charge in [-0.05, 0) is 36.8 Å². The monoisotopic (exact) mass is 677 g/mol. The van der Waals surface area contributed by atoms with Gasteiger partial charge in [0.15, 0.2) is 10.7 Å². The number of carbonyl (C=O) groups excluding carboxylic acids is 1. The van der Waals surface area contributed by atoms with E-state index in [2.05, 4.69) is 20.6 Å². The maximum Gasteiger partial charge on any atom is 0.407 e. The van der Waals surface area contributed by atoms with Crippen molar-refractivity contribution in [1.82, 2.24) is 20.3 Å². The molecule has 0 radical (unpaired) electrons. The van der Waals surface area contributed by atoms with Gasteiger partial charge < -0.3 is 21.1 Å². The molecule has 4 rings (SSSR count). The highest BCUT2D eigenvalue weighted by molar-refractivity contribution is 7.92. The third kappa shape index (κ3) is 8.10. The number of halogens is 3. The summed E-state index contributed by atoms with van der Waals surface area (Å²) in [5, 5.41) is 6.34. The topological polar surface area (TPSA) is 161 Å². The molecule has 0 fully saturated rings. The zero-order chi connectivity index (χ0) is 33.6. The van der Waals surface area contributed by atoms with Crippen molar-refractivity contribution in [2.24, 2.45) is 5.73 Å². The minimum Gasteiger partial charge on any atom is -0.450 e. The molecule has 2 heterocycles. The molecule has 2 aromatic heterocycles. The SMILES string of the molecule is CCCOC(=O)N[C@@H](CN)CNc1nccc(-c2sc(C(C)(C)C)nc2-c2cccc(NS(=O)(=O)c3c(F)cccc3F)c2F)n1. The first kappa shape index (κ1) is 34.6. The molecule has 0 saturated heterocycles. The third-order valence-corrected chi connectivity index (χ3v) is 9.31. The van der Waals surface area contributed by atoms with Crippen molar-refractivity contribution < 1.29 is 31.1 Å². The van der Waals surface area contributed by atoms with E-state index >= 15 is 4.39 Å². The van der Waals surface area contributed by atoms with Crippen LogP contribution in [-0.4, -0.2) is 55.2 Å². The van der Waals surface area contributed by atoms with E-state index in [0.717, 1.165) is 24.3 Å². The Labute approximate surface area is 268 Å². The van der Waals surface area contributed by atoms with Crippen LogP contribution in [0.25, 0.3) is 21.8 Å². The lowest BCUT2D eigenvalue weighted by atomic mass is 9.98. The van der Waals surface area contributed by atoms with Gasteiger partial charge >= 0.3 is 6.09 Å². The number of amides is 1. The lowest BCUT2D eigenvalue weighted by molar-refractivity contribution is 0.143. The van der Waals surface area contributed by atoms with E-state index in [1.165, 1.54) is 29.7 Å². The van der Waals surface area contributed by atoms with Crippen molar-refractivity contribution >= 4 is 39.1 Å². The molecule has 0 bridgehead atoms. The fraction of sp³-hybridized carbons (Fsp3) is 0.333. The van der Waals surface area contributed by atoms with Crippen LogP contribution in [-0.2, 0) is 20.2 Å². The van der Waals surface area contributed by atoms with Crippen LogP contribution in [0.3, 0.4) is 0 Å². The lowest BCUT2D eigenvalue weighted by Gasteiger charge is -2.17. The van der Waals surface area contributed by atoms with Gasteiger partial charge in [0.05, 0.1) is 39.6 Å². The summed E-state index contributed by atoms with van der Waals surface area (Å²) in [5.41, 5.74) is 5.32. The van der Waals surface area contributed by atoms with Crippen LogP contribution >= 0.6 is 11.3 Å². The highest BCUT2D eigenvalue weighted by Gasteiger charge is 2.29.